The van der Waals surface area contributed by atoms with Crippen LogP contribution in [0.1, 0.15) is 16.1 Å². The molecule has 5 heteroatoms. The number of primary amides is 1. The third-order valence-electron chi connectivity index (χ3n) is 2.85. The molecule has 1 heterocycles. The molecule has 0 atom stereocenters. The highest BCUT2D eigenvalue weighted by molar-refractivity contribution is 6.00. The zero-order valence-corrected chi connectivity index (χ0v) is 10.4. The number of benzene rings is 1. The van der Waals surface area contributed by atoms with Gasteiger partial charge in [-0.15, -0.1) is 0 Å². The molecule has 18 heavy (non-hydrogen) atoms. The van der Waals surface area contributed by atoms with Crippen molar-refractivity contribution < 1.29 is 9.59 Å². The average Bonchev–Trinajstić information content (AvgIpc) is 2.63. The predicted molar refractivity (Wildman–Crippen MR) is 69.2 cm³/mol. The van der Waals surface area contributed by atoms with E-state index >= 15 is 0 Å². The normalized spacial score (nSPS) is 10.6. The Labute approximate surface area is 105 Å². The fourth-order valence-corrected chi connectivity index (χ4v) is 1.94. The molecule has 94 valence electrons. The molecule has 2 amide bonds. The summed E-state index contributed by atoms with van der Waals surface area (Å²) in [5, 5.41) is 3.48. The molecule has 0 unspecified atom stereocenters. The molecule has 0 saturated carbocycles. The fraction of sp³-hybridized carbons (Fsp3) is 0.231. The van der Waals surface area contributed by atoms with E-state index < -0.39 is 5.91 Å². The molecular weight excluding hydrogens is 230 g/mol. The molecule has 1 aromatic carbocycles. The van der Waals surface area contributed by atoms with Crippen LogP contribution >= 0.6 is 0 Å². The highest BCUT2D eigenvalue weighted by Crippen LogP contribution is 2.19. The summed E-state index contributed by atoms with van der Waals surface area (Å²) < 4.78 is 1.80. The number of nitrogens with one attached hydrogen (secondary N) is 1. The van der Waals surface area contributed by atoms with Crippen molar-refractivity contribution in [2.24, 2.45) is 12.8 Å². The summed E-state index contributed by atoms with van der Waals surface area (Å²) in [5.74, 6) is -0.858. The number of fused-ring (bicyclic) bond motifs is 1. The van der Waals surface area contributed by atoms with Crippen molar-refractivity contribution in [1.29, 1.82) is 0 Å². The molecule has 1 aromatic heterocycles. The minimum absolute atomic E-state index is 0.153. The molecule has 0 bridgehead atoms. The second-order valence-electron chi connectivity index (χ2n) is 4.30. The summed E-state index contributed by atoms with van der Waals surface area (Å²) in [4.78, 5) is 22.5. The standard InChI is InChI=1S/C13H15N3O2/c1-8-3-4-10-9(5-8)6-11(16(10)2)13(18)15-7-12(14)17/h3-6H,7H2,1-2H3,(H2,14,17)(H,15,18). The summed E-state index contributed by atoms with van der Waals surface area (Å²) in [6.07, 6.45) is 0. The number of hydrogen-bond donors (Lipinski definition) is 2. The molecule has 0 fully saturated rings. The number of aryl methyl sites for hydroxylation is 2. The quantitative estimate of drug-likeness (QED) is 0.835. The lowest BCUT2D eigenvalue weighted by molar-refractivity contribution is -0.117. The first-order valence-corrected chi connectivity index (χ1v) is 5.61. The van der Waals surface area contributed by atoms with E-state index in [9.17, 15) is 9.59 Å². The van der Waals surface area contributed by atoms with Gasteiger partial charge in [-0.1, -0.05) is 11.6 Å². The molecule has 2 rings (SSSR count). The van der Waals surface area contributed by atoms with Gasteiger partial charge in [-0.05, 0) is 25.1 Å². The van der Waals surface area contributed by atoms with Gasteiger partial charge < -0.3 is 15.6 Å². The predicted octanol–water partition coefficient (Wildman–Crippen LogP) is 0.702. The minimum atomic E-state index is -0.557. The van der Waals surface area contributed by atoms with Gasteiger partial charge in [0, 0.05) is 18.0 Å². The van der Waals surface area contributed by atoms with Gasteiger partial charge in [-0.25, -0.2) is 0 Å². The third-order valence-corrected chi connectivity index (χ3v) is 2.85. The van der Waals surface area contributed by atoms with Crippen LogP contribution in [0.3, 0.4) is 0 Å². The van der Waals surface area contributed by atoms with E-state index in [-0.39, 0.29) is 12.5 Å². The first-order valence-electron chi connectivity index (χ1n) is 5.61. The number of rotatable bonds is 3. The second-order valence-corrected chi connectivity index (χ2v) is 4.30. The van der Waals surface area contributed by atoms with Crippen LogP contribution in [0.4, 0.5) is 0 Å². The maximum absolute atomic E-state index is 11.9. The van der Waals surface area contributed by atoms with E-state index in [1.807, 2.05) is 32.2 Å². The molecule has 0 spiro atoms. The van der Waals surface area contributed by atoms with E-state index in [1.54, 1.807) is 10.6 Å². The van der Waals surface area contributed by atoms with Crippen molar-refractivity contribution >= 4 is 22.7 Å². The Morgan fingerprint density at radius 1 is 1.33 bits per heavy atom. The summed E-state index contributed by atoms with van der Waals surface area (Å²) in [6, 6.07) is 7.78. The maximum atomic E-state index is 11.9. The number of nitrogens with two attached hydrogens (primary N) is 1. The lowest BCUT2D eigenvalue weighted by atomic mass is 10.2. The van der Waals surface area contributed by atoms with E-state index in [1.165, 1.54) is 0 Å². The Morgan fingerprint density at radius 2 is 2.06 bits per heavy atom. The van der Waals surface area contributed by atoms with Crippen molar-refractivity contribution in [2.75, 3.05) is 6.54 Å². The summed E-state index contributed by atoms with van der Waals surface area (Å²) in [5.41, 5.74) is 7.62. The van der Waals surface area contributed by atoms with Crippen molar-refractivity contribution in [3.63, 3.8) is 0 Å². The molecular formula is C13H15N3O2. The molecule has 2 aromatic rings. The van der Waals surface area contributed by atoms with E-state index in [2.05, 4.69) is 5.32 Å². The largest absolute Gasteiger partial charge is 0.368 e. The molecule has 0 aliphatic carbocycles. The number of hydrogen-bond acceptors (Lipinski definition) is 2. The van der Waals surface area contributed by atoms with Gasteiger partial charge in [-0.2, -0.15) is 0 Å². The highest BCUT2D eigenvalue weighted by Gasteiger charge is 2.13. The average molecular weight is 245 g/mol. The summed E-state index contributed by atoms with van der Waals surface area (Å²) in [6.45, 7) is 1.85. The minimum Gasteiger partial charge on any atom is -0.368 e. The monoisotopic (exact) mass is 245 g/mol. The topological polar surface area (TPSA) is 77.1 Å². The number of aromatic nitrogens is 1. The van der Waals surface area contributed by atoms with Crippen LogP contribution in [0, 0.1) is 6.92 Å². The number of amides is 2. The number of carbonyl (C=O) groups is 2. The van der Waals surface area contributed by atoms with Crippen LogP contribution in [0.25, 0.3) is 10.9 Å². The maximum Gasteiger partial charge on any atom is 0.268 e. The molecule has 0 aliphatic rings. The van der Waals surface area contributed by atoms with Gasteiger partial charge in [0.2, 0.25) is 5.91 Å². The van der Waals surface area contributed by atoms with E-state index in [4.69, 9.17) is 5.73 Å². The van der Waals surface area contributed by atoms with E-state index in [0.29, 0.717) is 5.69 Å². The van der Waals surface area contributed by atoms with Gasteiger partial charge in [0.25, 0.3) is 5.91 Å². The Hall–Kier alpha value is -2.30. The van der Waals surface area contributed by atoms with Crippen molar-refractivity contribution in [2.45, 2.75) is 6.92 Å². The Kier molecular flexibility index (Phi) is 3.06. The van der Waals surface area contributed by atoms with Gasteiger partial charge in [-0.3, -0.25) is 9.59 Å². The first-order chi connectivity index (χ1) is 8.49. The van der Waals surface area contributed by atoms with Gasteiger partial charge in [0.1, 0.15) is 5.69 Å². The fourth-order valence-electron chi connectivity index (χ4n) is 1.94. The Balaban J connectivity index is 2.36. The smallest absolute Gasteiger partial charge is 0.268 e. The van der Waals surface area contributed by atoms with Crippen LogP contribution in [0.5, 0.6) is 0 Å². The van der Waals surface area contributed by atoms with Crippen molar-refractivity contribution in [1.82, 2.24) is 9.88 Å². The molecule has 0 saturated heterocycles. The number of nitrogens with zero attached hydrogens (tertiary/aromatic N) is 1. The van der Waals surface area contributed by atoms with Crippen molar-refractivity contribution in [3.05, 3.63) is 35.5 Å². The number of carbonyl (C=O) groups excluding carboxylic acids is 2. The van der Waals surface area contributed by atoms with Crippen molar-refractivity contribution in [3.8, 4) is 0 Å². The SMILES string of the molecule is Cc1ccc2c(c1)cc(C(=O)NCC(N)=O)n2C. The molecule has 0 radical (unpaired) electrons. The molecule has 3 N–H and O–H groups in total. The van der Waals surface area contributed by atoms with Crippen LogP contribution < -0.4 is 11.1 Å². The summed E-state index contributed by atoms with van der Waals surface area (Å²) in [7, 11) is 1.82. The first kappa shape index (κ1) is 12.2. The summed E-state index contributed by atoms with van der Waals surface area (Å²) >= 11 is 0. The lowest BCUT2D eigenvalue weighted by Gasteiger charge is -2.04. The molecule has 5 nitrogen and oxygen atoms in total. The Morgan fingerprint density at radius 3 is 2.72 bits per heavy atom. The zero-order valence-electron chi connectivity index (χ0n) is 10.4. The highest BCUT2D eigenvalue weighted by atomic mass is 16.2. The van der Waals surface area contributed by atoms with Gasteiger partial charge in [0.05, 0.1) is 6.54 Å². The van der Waals surface area contributed by atoms with Gasteiger partial charge in [0.15, 0.2) is 0 Å². The van der Waals surface area contributed by atoms with Gasteiger partial charge >= 0.3 is 0 Å². The van der Waals surface area contributed by atoms with E-state index in [0.717, 1.165) is 16.5 Å². The van der Waals surface area contributed by atoms with Crippen LogP contribution in [0.15, 0.2) is 24.3 Å². The molecule has 0 aliphatic heterocycles. The second kappa shape index (κ2) is 4.52. The van der Waals surface area contributed by atoms with Crippen LogP contribution in [-0.2, 0) is 11.8 Å². The van der Waals surface area contributed by atoms with Crippen LogP contribution in [-0.4, -0.2) is 22.9 Å². The zero-order chi connectivity index (χ0) is 13.3. The van der Waals surface area contributed by atoms with Crippen LogP contribution in [0.2, 0.25) is 0 Å². The third kappa shape index (κ3) is 2.20. The lowest BCUT2D eigenvalue weighted by Crippen LogP contribution is -2.34. The Bertz CT molecular complexity index is 628.